The van der Waals surface area contributed by atoms with Crippen molar-refractivity contribution < 1.29 is 8.78 Å². The number of aryl methyl sites for hydroxylation is 2. The summed E-state index contributed by atoms with van der Waals surface area (Å²) in [4.78, 5) is 4.50. The van der Waals surface area contributed by atoms with Crippen LogP contribution in [0.1, 0.15) is 38.3 Å². The van der Waals surface area contributed by atoms with Crippen molar-refractivity contribution in [2.45, 2.75) is 39.5 Å². The molecule has 120 valence electrons. The first-order valence-electron chi connectivity index (χ1n) is 7.61. The highest BCUT2D eigenvalue weighted by Crippen LogP contribution is 2.17. The molecule has 0 bridgehead atoms. The summed E-state index contributed by atoms with van der Waals surface area (Å²) in [6, 6.07) is 3.47. The molecule has 0 aliphatic carbocycles. The smallest absolute Gasteiger partial charge is 0.151 e. The molecule has 0 fully saturated rings. The lowest BCUT2D eigenvalue weighted by molar-refractivity contribution is 0.564. The van der Waals surface area contributed by atoms with Crippen LogP contribution >= 0.6 is 0 Å². The maximum Gasteiger partial charge on any atom is 0.151 e. The van der Waals surface area contributed by atoms with Gasteiger partial charge in [-0.3, -0.25) is 0 Å². The van der Waals surface area contributed by atoms with Gasteiger partial charge in [0, 0.05) is 18.9 Å². The van der Waals surface area contributed by atoms with Crippen molar-refractivity contribution in [1.29, 1.82) is 0 Å². The summed E-state index contributed by atoms with van der Waals surface area (Å²) >= 11 is 0. The molecule has 0 saturated carbocycles. The number of rotatable bonds is 7. The summed E-state index contributed by atoms with van der Waals surface area (Å²) in [6.07, 6.45) is 3.06. The number of halogens is 2. The fourth-order valence-electron chi connectivity index (χ4n) is 2.18. The summed E-state index contributed by atoms with van der Waals surface area (Å²) < 4.78 is 28.6. The van der Waals surface area contributed by atoms with Gasteiger partial charge in [-0.15, -0.1) is 0 Å². The van der Waals surface area contributed by atoms with E-state index in [1.54, 1.807) is 0 Å². The minimum Gasteiger partial charge on any atom is -0.330 e. The van der Waals surface area contributed by atoms with Gasteiger partial charge >= 0.3 is 0 Å². The molecule has 0 spiro atoms. The van der Waals surface area contributed by atoms with E-state index in [-0.39, 0.29) is 5.69 Å². The second-order valence-electron chi connectivity index (χ2n) is 5.78. The van der Waals surface area contributed by atoms with E-state index >= 15 is 0 Å². The van der Waals surface area contributed by atoms with Gasteiger partial charge in [-0.2, -0.15) is 5.10 Å². The number of benzene rings is 1. The summed E-state index contributed by atoms with van der Waals surface area (Å²) in [5.74, 6) is 0.639. The van der Waals surface area contributed by atoms with Crippen LogP contribution < -0.4 is 5.73 Å². The van der Waals surface area contributed by atoms with Crippen molar-refractivity contribution in [1.82, 2.24) is 14.8 Å². The molecule has 22 heavy (non-hydrogen) atoms. The first-order chi connectivity index (χ1) is 10.5. The molecule has 0 saturated heterocycles. The van der Waals surface area contributed by atoms with Crippen LogP contribution in [0.5, 0.6) is 0 Å². The van der Waals surface area contributed by atoms with E-state index < -0.39 is 11.6 Å². The second kappa shape index (κ2) is 7.45. The highest BCUT2D eigenvalue weighted by atomic mass is 19.1. The summed E-state index contributed by atoms with van der Waals surface area (Å²) in [5.41, 5.74) is 5.76. The Balaban J connectivity index is 2.34. The van der Waals surface area contributed by atoms with Gasteiger partial charge in [-0.25, -0.2) is 18.4 Å². The van der Waals surface area contributed by atoms with Gasteiger partial charge in [0.1, 0.15) is 17.3 Å². The largest absolute Gasteiger partial charge is 0.330 e. The van der Waals surface area contributed by atoms with Crippen LogP contribution in [0, 0.1) is 17.6 Å². The van der Waals surface area contributed by atoms with Crippen LogP contribution in [0.3, 0.4) is 0 Å². The van der Waals surface area contributed by atoms with E-state index in [4.69, 9.17) is 5.73 Å². The number of nitrogens with zero attached hydrogens (tertiary/aromatic N) is 3. The lowest BCUT2D eigenvalue weighted by Crippen LogP contribution is -2.08. The van der Waals surface area contributed by atoms with Crippen molar-refractivity contribution >= 4 is 0 Å². The molecule has 2 N–H and O–H groups in total. The van der Waals surface area contributed by atoms with Gasteiger partial charge in [-0.1, -0.05) is 13.8 Å². The maximum absolute atomic E-state index is 14.0. The minimum atomic E-state index is -0.644. The normalized spacial score (nSPS) is 11.4. The first kappa shape index (κ1) is 16.5. The fourth-order valence-corrected chi connectivity index (χ4v) is 2.18. The summed E-state index contributed by atoms with van der Waals surface area (Å²) in [6.45, 7) is 4.79. The number of nitrogens with two attached hydrogens (primary N) is 1. The maximum atomic E-state index is 14.0. The zero-order valence-corrected chi connectivity index (χ0v) is 13.0. The predicted molar refractivity (Wildman–Crippen MR) is 81.8 cm³/mol. The molecule has 0 radical (unpaired) electrons. The van der Waals surface area contributed by atoms with Gasteiger partial charge in [-0.05, 0) is 37.4 Å². The van der Waals surface area contributed by atoms with E-state index in [2.05, 4.69) is 23.9 Å². The van der Waals surface area contributed by atoms with Crippen LogP contribution in [-0.2, 0) is 12.8 Å². The highest BCUT2D eigenvalue weighted by molar-refractivity contribution is 5.34. The van der Waals surface area contributed by atoms with Gasteiger partial charge in [0.25, 0.3) is 0 Å². The van der Waals surface area contributed by atoms with Crippen molar-refractivity contribution in [2.24, 2.45) is 11.7 Å². The SMILES string of the molecule is CC(C)CCc1nc(CCCN)n(-c2ccc(F)cc2F)n1. The molecule has 0 unspecified atom stereocenters. The lowest BCUT2D eigenvalue weighted by atomic mass is 10.1. The third-order valence-electron chi connectivity index (χ3n) is 3.41. The monoisotopic (exact) mass is 308 g/mol. The quantitative estimate of drug-likeness (QED) is 0.855. The Labute approximate surface area is 129 Å². The van der Waals surface area contributed by atoms with Crippen LogP contribution in [-0.4, -0.2) is 21.3 Å². The molecule has 0 aliphatic heterocycles. The molecule has 1 aromatic carbocycles. The van der Waals surface area contributed by atoms with Crippen molar-refractivity contribution in [3.05, 3.63) is 41.5 Å². The third-order valence-corrected chi connectivity index (χ3v) is 3.41. The average Bonchev–Trinajstić information content (AvgIpc) is 2.86. The molecular formula is C16H22F2N4. The van der Waals surface area contributed by atoms with Crippen LogP contribution in [0.2, 0.25) is 0 Å². The molecule has 0 aliphatic rings. The van der Waals surface area contributed by atoms with Gasteiger partial charge in [0.15, 0.2) is 11.6 Å². The highest BCUT2D eigenvalue weighted by Gasteiger charge is 2.15. The Morgan fingerprint density at radius 3 is 2.64 bits per heavy atom. The Morgan fingerprint density at radius 2 is 2.00 bits per heavy atom. The van der Waals surface area contributed by atoms with Crippen LogP contribution in [0.15, 0.2) is 18.2 Å². The van der Waals surface area contributed by atoms with Gasteiger partial charge in [0.2, 0.25) is 0 Å². The zero-order valence-electron chi connectivity index (χ0n) is 13.0. The second-order valence-corrected chi connectivity index (χ2v) is 5.78. The van der Waals surface area contributed by atoms with E-state index in [1.165, 1.54) is 16.8 Å². The number of hydrogen-bond donors (Lipinski definition) is 1. The Hall–Kier alpha value is -1.82. The molecule has 1 heterocycles. The zero-order chi connectivity index (χ0) is 16.1. The van der Waals surface area contributed by atoms with Crippen LogP contribution in [0.4, 0.5) is 8.78 Å². The molecule has 1 aromatic heterocycles. The molecule has 2 aromatic rings. The van der Waals surface area contributed by atoms with E-state index in [0.29, 0.717) is 30.5 Å². The molecule has 6 heteroatoms. The van der Waals surface area contributed by atoms with Crippen molar-refractivity contribution in [2.75, 3.05) is 6.54 Å². The standard InChI is InChI=1S/C16H22F2N4/c1-11(2)5-8-15-20-16(4-3-9-19)22(21-15)14-7-6-12(17)10-13(14)18/h6-7,10-11H,3-5,8-9,19H2,1-2H3. The molecule has 0 amide bonds. The average molecular weight is 308 g/mol. The molecule has 4 nitrogen and oxygen atoms in total. The third kappa shape index (κ3) is 4.10. The molecular weight excluding hydrogens is 286 g/mol. The Morgan fingerprint density at radius 1 is 1.23 bits per heavy atom. The minimum absolute atomic E-state index is 0.219. The summed E-state index contributed by atoms with van der Waals surface area (Å²) in [7, 11) is 0. The van der Waals surface area contributed by atoms with E-state index in [9.17, 15) is 8.78 Å². The summed E-state index contributed by atoms with van der Waals surface area (Å²) in [5, 5.41) is 4.40. The Bertz CT molecular complexity index is 623. The van der Waals surface area contributed by atoms with Crippen molar-refractivity contribution in [3.8, 4) is 5.69 Å². The van der Waals surface area contributed by atoms with Gasteiger partial charge < -0.3 is 5.73 Å². The fraction of sp³-hybridized carbons (Fsp3) is 0.500. The van der Waals surface area contributed by atoms with Crippen LogP contribution in [0.25, 0.3) is 5.69 Å². The number of hydrogen-bond acceptors (Lipinski definition) is 3. The van der Waals surface area contributed by atoms with Crippen molar-refractivity contribution in [3.63, 3.8) is 0 Å². The van der Waals surface area contributed by atoms with E-state index in [1.807, 2.05) is 0 Å². The lowest BCUT2D eigenvalue weighted by Gasteiger charge is -2.06. The van der Waals surface area contributed by atoms with E-state index in [0.717, 1.165) is 25.3 Å². The first-order valence-corrected chi connectivity index (χ1v) is 7.61. The number of aromatic nitrogens is 3. The Kier molecular flexibility index (Phi) is 5.60. The predicted octanol–water partition coefficient (Wildman–Crippen LogP) is 3.03. The van der Waals surface area contributed by atoms with Gasteiger partial charge in [0.05, 0.1) is 0 Å². The topological polar surface area (TPSA) is 56.7 Å². The molecule has 2 rings (SSSR count). The molecule has 0 atom stereocenters.